The molecule has 0 unspecified atom stereocenters. The molecule has 0 fully saturated rings. The second-order valence-electron chi connectivity index (χ2n) is 2.62. The molecule has 0 spiro atoms. The molecule has 14 heavy (non-hydrogen) atoms. The number of hydrogen-bond donors (Lipinski definition) is 0. The van der Waals surface area contributed by atoms with Crippen LogP contribution in [0.2, 0.25) is 0 Å². The molecule has 5 heteroatoms. The first-order valence-corrected chi connectivity index (χ1v) is 3.71. The smallest absolute Gasteiger partial charge is 0.178 e. The Labute approximate surface area is 78.3 Å². The minimum atomic E-state index is -1.49. The Morgan fingerprint density at radius 1 is 1.29 bits per heavy atom. The average Bonchev–Trinajstić information content (AvgIpc) is 2.11. The van der Waals surface area contributed by atoms with Crippen molar-refractivity contribution in [2.75, 3.05) is 7.11 Å². The van der Waals surface area contributed by atoms with Crippen LogP contribution in [0.5, 0.6) is 5.75 Å². The standard InChI is InChI=1S/C9H7F3O2/c1-4(13)7-8(11)5(10)3-6(14-2)9(7)12/h3H,1-2H3. The number of carbonyl (C=O) groups excluding carboxylic acids is 1. The van der Waals surface area contributed by atoms with Crippen molar-refractivity contribution >= 4 is 5.78 Å². The molecule has 0 aliphatic rings. The van der Waals surface area contributed by atoms with Crippen molar-refractivity contribution in [3.05, 3.63) is 29.1 Å². The van der Waals surface area contributed by atoms with E-state index < -0.39 is 34.5 Å². The Kier molecular flexibility index (Phi) is 2.78. The molecule has 0 atom stereocenters. The largest absolute Gasteiger partial charge is 0.494 e. The van der Waals surface area contributed by atoms with E-state index >= 15 is 0 Å². The summed E-state index contributed by atoms with van der Waals surface area (Å²) in [5, 5.41) is 0. The Morgan fingerprint density at radius 2 is 1.86 bits per heavy atom. The zero-order valence-corrected chi connectivity index (χ0v) is 7.53. The summed E-state index contributed by atoms with van der Waals surface area (Å²) in [6, 6.07) is 0.553. The molecular weight excluding hydrogens is 197 g/mol. The van der Waals surface area contributed by atoms with E-state index in [0.29, 0.717) is 6.07 Å². The van der Waals surface area contributed by atoms with Crippen LogP contribution in [0, 0.1) is 17.5 Å². The predicted molar refractivity (Wildman–Crippen MR) is 42.9 cm³/mol. The van der Waals surface area contributed by atoms with Crippen LogP contribution in [0.3, 0.4) is 0 Å². The molecule has 0 saturated heterocycles. The lowest BCUT2D eigenvalue weighted by Crippen LogP contribution is -2.06. The molecule has 0 aliphatic heterocycles. The molecule has 0 heterocycles. The van der Waals surface area contributed by atoms with Gasteiger partial charge < -0.3 is 4.74 Å². The molecule has 1 rings (SSSR count). The minimum absolute atomic E-state index is 0.492. The topological polar surface area (TPSA) is 26.3 Å². The van der Waals surface area contributed by atoms with Crippen molar-refractivity contribution in [3.8, 4) is 5.75 Å². The molecule has 0 saturated carbocycles. The van der Waals surface area contributed by atoms with Crippen LogP contribution in [-0.2, 0) is 0 Å². The van der Waals surface area contributed by atoms with Crippen LogP contribution >= 0.6 is 0 Å². The summed E-state index contributed by atoms with van der Waals surface area (Å²) in [6.07, 6.45) is 0. The fraction of sp³-hybridized carbons (Fsp3) is 0.222. The van der Waals surface area contributed by atoms with Gasteiger partial charge in [-0.15, -0.1) is 0 Å². The number of rotatable bonds is 2. The second-order valence-corrected chi connectivity index (χ2v) is 2.62. The van der Waals surface area contributed by atoms with Crippen molar-refractivity contribution in [1.29, 1.82) is 0 Å². The van der Waals surface area contributed by atoms with Crippen LogP contribution in [-0.4, -0.2) is 12.9 Å². The van der Waals surface area contributed by atoms with E-state index in [1.165, 1.54) is 0 Å². The molecule has 0 aliphatic carbocycles. The van der Waals surface area contributed by atoms with E-state index in [2.05, 4.69) is 4.74 Å². The van der Waals surface area contributed by atoms with Crippen LogP contribution in [0.1, 0.15) is 17.3 Å². The molecule has 1 aromatic rings. The van der Waals surface area contributed by atoms with E-state index in [9.17, 15) is 18.0 Å². The van der Waals surface area contributed by atoms with Gasteiger partial charge in [-0.1, -0.05) is 0 Å². The van der Waals surface area contributed by atoms with Gasteiger partial charge in [-0.05, 0) is 6.92 Å². The van der Waals surface area contributed by atoms with Crippen molar-refractivity contribution in [2.24, 2.45) is 0 Å². The van der Waals surface area contributed by atoms with Gasteiger partial charge in [0.2, 0.25) is 0 Å². The van der Waals surface area contributed by atoms with Gasteiger partial charge in [0.05, 0.1) is 12.7 Å². The summed E-state index contributed by atoms with van der Waals surface area (Å²) in [5.41, 5.74) is -0.915. The van der Waals surface area contributed by atoms with E-state index in [0.717, 1.165) is 14.0 Å². The molecule has 0 N–H and O–H groups in total. The van der Waals surface area contributed by atoms with E-state index in [1.54, 1.807) is 0 Å². The van der Waals surface area contributed by atoms with Crippen molar-refractivity contribution in [1.82, 2.24) is 0 Å². The highest BCUT2D eigenvalue weighted by molar-refractivity contribution is 5.95. The number of halogens is 3. The van der Waals surface area contributed by atoms with Gasteiger partial charge >= 0.3 is 0 Å². The van der Waals surface area contributed by atoms with E-state index in [4.69, 9.17) is 0 Å². The number of benzene rings is 1. The molecular formula is C9H7F3O2. The minimum Gasteiger partial charge on any atom is -0.494 e. The summed E-state index contributed by atoms with van der Waals surface area (Å²) in [5.74, 6) is -5.37. The maximum Gasteiger partial charge on any atom is 0.178 e. The van der Waals surface area contributed by atoms with Gasteiger partial charge in [0, 0.05) is 6.07 Å². The first kappa shape index (κ1) is 10.6. The zero-order chi connectivity index (χ0) is 10.9. The van der Waals surface area contributed by atoms with Gasteiger partial charge in [-0.25, -0.2) is 13.2 Å². The number of ketones is 1. The molecule has 0 amide bonds. The number of hydrogen-bond acceptors (Lipinski definition) is 2. The summed E-state index contributed by atoms with van der Waals surface area (Å²) >= 11 is 0. The maximum atomic E-state index is 13.2. The van der Waals surface area contributed by atoms with Gasteiger partial charge in [0.1, 0.15) is 0 Å². The molecule has 0 bridgehead atoms. The van der Waals surface area contributed by atoms with E-state index in [1.807, 2.05) is 0 Å². The zero-order valence-electron chi connectivity index (χ0n) is 7.53. The highest BCUT2D eigenvalue weighted by Crippen LogP contribution is 2.25. The quantitative estimate of drug-likeness (QED) is 0.545. The average molecular weight is 204 g/mol. The monoisotopic (exact) mass is 204 g/mol. The Hall–Kier alpha value is -1.52. The van der Waals surface area contributed by atoms with Gasteiger partial charge in [-0.2, -0.15) is 0 Å². The SMILES string of the molecule is COc1cc(F)c(F)c(C(C)=O)c1F. The highest BCUT2D eigenvalue weighted by Gasteiger charge is 2.22. The normalized spacial score (nSPS) is 10.1. The predicted octanol–water partition coefficient (Wildman–Crippen LogP) is 2.32. The molecule has 1 aromatic carbocycles. The summed E-state index contributed by atoms with van der Waals surface area (Å²) in [6.45, 7) is 0.945. The third-order valence-electron chi connectivity index (χ3n) is 1.69. The van der Waals surface area contributed by atoms with Crippen molar-refractivity contribution in [3.63, 3.8) is 0 Å². The number of carbonyl (C=O) groups is 1. The second kappa shape index (κ2) is 3.69. The lowest BCUT2D eigenvalue weighted by atomic mass is 10.1. The third kappa shape index (κ3) is 1.57. The first-order valence-electron chi connectivity index (χ1n) is 3.71. The molecule has 0 aromatic heterocycles. The van der Waals surface area contributed by atoms with Gasteiger partial charge in [-0.3, -0.25) is 4.79 Å². The fourth-order valence-electron chi connectivity index (χ4n) is 1.04. The number of methoxy groups -OCH3 is 1. The lowest BCUT2D eigenvalue weighted by molar-refractivity contribution is 0.100. The van der Waals surface area contributed by atoms with Crippen LogP contribution in [0.25, 0.3) is 0 Å². The van der Waals surface area contributed by atoms with Gasteiger partial charge in [0.25, 0.3) is 0 Å². The van der Waals surface area contributed by atoms with E-state index in [-0.39, 0.29) is 0 Å². The number of ether oxygens (including phenoxy) is 1. The third-order valence-corrected chi connectivity index (χ3v) is 1.69. The van der Waals surface area contributed by atoms with Crippen molar-refractivity contribution in [2.45, 2.75) is 6.92 Å². The Morgan fingerprint density at radius 3 is 2.29 bits per heavy atom. The summed E-state index contributed by atoms with van der Waals surface area (Å²) in [4.78, 5) is 10.8. The highest BCUT2D eigenvalue weighted by atomic mass is 19.2. The Balaban J connectivity index is 3.53. The lowest BCUT2D eigenvalue weighted by Gasteiger charge is -2.06. The fourth-order valence-corrected chi connectivity index (χ4v) is 1.04. The summed E-state index contributed by atoms with van der Waals surface area (Å²) < 4.78 is 43.4. The maximum absolute atomic E-state index is 13.2. The summed E-state index contributed by atoms with van der Waals surface area (Å²) in [7, 11) is 1.10. The Bertz CT molecular complexity index is 388. The molecule has 0 radical (unpaired) electrons. The number of Topliss-reactive ketones (excluding diaryl/α,β-unsaturated/α-hetero) is 1. The van der Waals surface area contributed by atoms with Crippen LogP contribution in [0.15, 0.2) is 6.07 Å². The van der Waals surface area contributed by atoms with Crippen molar-refractivity contribution < 1.29 is 22.7 Å². The van der Waals surface area contributed by atoms with Crippen LogP contribution < -0.4 is 4.74 Å². The molecule has 76 valence electrons. The molecule has 2 nitrogen and oxygen atoms in total. The van der Waals surface area contributed by atoms with Gasteiger partial charge in [0.15, 0.2) is 29.0 Å². The van der Waals surface area contributed by atoms with Crippen LogP contribution in [0.4, 0.5) is 13.2 Å². The first-order chi connectivity index (χ1) is 6.49.